The maximum absolute atomic E-state index is 15.0. The Labute approximate surface area is 267 Å². The zero-order valence-corrected chi connectivity index (χ0v) is 26.2. The summed E-state index contributed by atoms with van der Waals surface area (Å²) in [7, 11) is 1.55. The Kier molecular flexibility index (Phi) is 10.4. The number of carbonyl (C=O) groups excluding carboxylic acids is 1. The fourth-order valence-corrected chi connectivity index (χ4v) is 5.56. The van der Waals surface area contributed by atoms with Gasteiger partial charge in [0, 0.05) is 43.8 Å². The van der Waals surface area contributed by atoms with Gasteiger partial charge in [0.1, 0.15) is 5.75 Å². The van der Waals surface area contributed by atoms with E-state index in [1.54, 1.807) is 31.5 Å². The van der Waals surface area contributed by atoms with Crippen LogP contribution in [0.5, 0.6) is 23.0 Å². The number of fused-ring (bicyclic) bond motifs is 2. The Morgan fingerprint density at radius 2 is 1.82 bits per heavy atom. The minimum atomic E-state index is -0.688. The normalized spacial score (nSPS) is 13.9. The third kappa shape index (κ3) is 8.05. The number of piperidine rings is 1. The number of nitrogens with two attached hydrogens (primary N) is 1. The maximum atomic E-state index is 15.0. The summed E-state index contributed by atoms with van der Waals surface area (Å²) >= 11 is 4.90. The first-order chi connectivity index (χ1) is 21.8. The summed E-state index contributed by atoms with van der Waals surface area (Å²) in [5.41, 5.74) is 9.27. The van der Waals surface area contributed by atoms with Gasteiger partial charge in [-0.05, 0) is 91.9 Å². The van der Waals surface area contributed by atoms with E-state index in [4.69, 9.17) is 32.2 Å². The van der Waals surface area contributed by atoms with Crippen molar-refractivity contribution in [3.05, 3.63) is 72.7 Å². The van der Waals surface area contributed by atoms with Crippen molar-refractivity contribution in [2.75, 3.05) is 44.9 Å². The number of rotatable bonds is 10. The summed E-state index contributed by atoms with van der Waals surface area (Å²) in [6.07, 6.45) is 4.48. The molecule has 2 aliphatic carbocycles. The molecule has 6 rings (SSSR count). The molecule has 0 saturated carbocycles. The molecule has 0 radical (unpaired) electrons. The van der Waals surface area contributed by atoms with Crippen LogP contribution in [-0.2, 0) is 4.79 Å². The number of benzene rings is 3. The highest BCUT2D eigenvalue weighted by Gasteiger charge is 2.20. The summed E-state index contributed by atoms with van der Waals surface area (Å²) in [5, 5.41) is 9.75. The van der Waals surface area contributed by atoms with E-state index >= 15 is 0 Å². The lowest BCUT2D eigenvalue weighted by Crippen LogP contribution is -2.39. The highest BCUT2D eigenvalue weighted by atomic mass is 32.1. The first-order valence-electron chi connectivity index (χ1n) is 14.9. The summed E-state index contributed by atoms with van der Waals surface area (Å²) < 4.78 is 32.5. The number of anilines is 1. The van der Waals surface area contributed by atoms with E-state index in [9.17, 15) is 14.3 Å². The van der Waals surface area contributed by atoms with Crippen LogP contribution in [0.25, 0.3) is 22.0 Å². The summed E-state index contributed by atoms with van der Waals surface area (Å²) in [4.78, 5) is 19.7. The number of ether oxygens (including phenoxy) is 3. The molecule has 1 aromatic heterocycles. The van der Waals surface area contributed by atoms with Crippen LogP contribution in [0.2, 0.25) is 0 Å². The molecular weight excluding hydrogens is 595 g/mol. The van der Waals surface area contributed by atoms with Crippen molar-refractivity contribution < 1.29 is 28.5 Å². The predicted molar refractivity (Wildman–Crippen MR) is 177 cm³/mol. The second kappa shape index (κ2) is 14.6. The molecule has 2 heterocycles. The Morgan fingerprint density at radius 3 is 2.40 bits per heavy atom. The molecule has 0 unspecified atom stereocenters. The number of halogens is 1. The molecule has 0 atom stereocenters. The summed E-state index contributed by atoms with van der Waals surface area (Å²) in [6, 6.07) is 17.7. The van der Waals surface area contributed by atoms with Crippen LogP contribution >= 0.6 is 12.2 Å². The van der Waals surface area contributed by atoms with Crippen LogP contribution in [0.3, 0.4) is 0 Å². The number of carbonyl (C=O) groups is 1. The molecule has 236 valence electrons. The molecular formula is C34H37FN4O5S. The average molecular weight is 633 g/mol. The van der Waals surface area contributed by atoms with Crippen molar-refractivity contribution in [2.45, 2.75) is 26.2 Å². The van der Waals surface area contributed by atoms with E-state index in [0.29, 0.717) is 40.7 Å². The van der Waals surface area contributed by atoms with Gasteiger partial charge in [-0.25, -0.2) is 4.39 Å². The van der Waals surface area contributed by atoms with Crippen molar-refractivity contribution >= 4 is 39.8 Å². The van der Waals surface area contributed by atoms with Gasteiger partial charge in [0.05, 0.1) is 24.9 Å². The van der Waals surface area contributed by atoms with Crippen molar-refractivity contribution in [3.63, 3.8) is 0 Å². The third-order valence-electron chi connectivity index (χ3n) is 7.87. The molecule has 11 heteroatoms. The second-order valence-electron chi connectivity index (χ2n) is 11.0. The number of amides is 1. The van der Waals surface area contributed by atoms with Crippen LogP contribution < -0.4 is 24.8 Å². The van der Waals surface area contributed by atoms with Crippen molar-refractivity contribution in [1.82, 2.24) is 9.88 Å². The van der Waals surface area contributed by atoms with Gasteiger partial charge in [0.25, 0.3) is 0 Å². The van der Waals surface area contributed by atoms with Crippen molar-refractivity contribution in [3.8, 4) is 34.1 Å². The van der Waals surface area contributed by atoms with Crippen LogP contribution in [0.1, 0.15) is 26.2 Å². The first kappa shape index (κ1) is 32.1. The molecule has 0 bridgehead atoms. The lowest BCUT2D eigenvalue weighted by molar-refractivity contribution is -0.115. The van der Waals surface area contributed by atoms with E-state index in [-0.39, 0.29) is 23.2 Å². The van der Waals surface area contributed by atoms with Gasteiger partial charge in [-0.2, -0.15) is 0 Å². The number of aromatic nitrogens is 1. The fraction of sp³-hybridized carbons (Fsp3) is 0.324. The van der Waals surface area contributed by atoms with E-state index in [2.05, 4.69) is 34.1 Å². The lowest BCUT2D eigenvalue weighted by Gasteiger charge is -2.30. The zero-order chi connectivity index (χ0) is 31.9. The number of hydrogen-bond donors (Lipinski definition) is 2. The number of hydrogen-bond acceptors (Lipinski definition) is 8. The average Bonchev–Trinajstić information content (AvgIpc) is 3.63. The van der Waals surface area contributed by atoms with Gasteiger partial charge in [-0.15, -0.1) is 0 Å². The van der Waals surface area contributed by atoms with E-state index in [1.165, 1.54) is 30.2 Å². The van der Waals surface area contributed by atoms with E-state index in [0.717, 1.165) is 49.9 Å². The number of likely N-dealkylation sites (tertiary alicyclic amines) is 1. The highest BCUT2D eigenvalue weighted by Crippen LogP contribution is 2.38. The number of pyridine rings is 1. The fourth-order valence-electron chi connectivity index (χ4n) is 5.32. The maximum Gasteiger partial charge on any atom is 0.230 e. The molecule has 1 aliphatic heterocycles. The third-order valence-corrected chi connectivity index (χ3v) is 8.05. The van der Waals surface area contributed by atoms with Gasteiger partial charge in [0.2, 0.25) is 5.91 Å². The Bertz CT molecular complexity index is 1650. The molecule has 1 fully saturated rings. The van der Waals surface area contributed by atoms with Crippen LogP contribution in [0, 0.1) is 11.7 Å². The smallest absolute Gasteiger partial charge is 0.230 e. The molecule has 9 nitrogen and oxygen atoms in total. The van der Waals surface area contributed by atoms with Gasteiger partial charge >= 0.3 is 0 Å². The van der Waals surface area contributed by atoms with Crippen molar-refractivity contribution in [2.24, 2.45) is 11.7 Å². The standard InChI is InChI=1S/C28H33FN4O5S.C6H4/c1-18(35)33(28(30)39)20-4-5-25(22(29)14-20)38-24-6-9-31-23-16-27(26(36-2)15-21(23)24)37-13-3-10-32-11-7-19(17-34)8-12-32;1-2-5-4-6(5)3-1/h4-6,9,14-16,19,34H,3,7-8,10-13,17H2,1-2H3,(H2,30,39);1-4H. The van der Waals surface area contributed by atoms with Crippen LogP contribution in [0.4, 0.5) is 10.1 Å². The molecule has 1 amide bonds. The number of thiocarbonyl (C=S) groups is 1. The molecule has 2 aromatic carbocycles. The highest BCUT2D eigenvalue weighted by molar-refractivity contribution is 7.80. The Morgan fingerprint density at radius 1 is 1.07 bits per heavy atom. The number of nitrogens with zero attached hydrogens (tertiary/aromatic N) is 3. The second-order valence-corrected chi connectivity index (χ2v) is 11.4. The summed E-state index contributed by atoms with van der Waals surface area (Å²) in [6.45, 7) is 4.99. The quantitative estimate of drug-likeness (QED) is 0.143. The number of aliphatic hydroxyl groups excluding tert-OH is 1. The molecule has 0 spiro atoms. The molecule has 1 saturated heterocycles. The lowest BCUT2D eigenvalue weighted by atomic mass is 9.98. The Hall–Kier alpha value is -4.32. The Balaban J connectivity index is 0.000000586. The minimum Gasteiger partial charge on any atom is -0.493 e. The number of aliphatic hydroxyl groups is 1. The first-order valence-corrected chi connectivity index (χ1v) is 15.3. The zero-order valence-electron chi connectivity index (χ0n) is 25.4. The monoisotopic (exact) mass is 632 g/mol. The van der Waals surface area contributed by atoms with Gasteiger partial charge < -0.3 is 30.0 Å². The van der Waals surface area contributed by atoms with Gasteiger partial charge in [-0.3, -0.25) is 14.7 Å². The molecule has 3 aromatic rings. The van der Waals surface area contributed by atoms with Crippen LogP contribution in [0.15, 0.2) is 66.9 Å². The molecule has 45 heavy (non-hydrogen) atoms. The molecule has 3 aliphatic rings. The molecule has 3 N–H and O–H groups in total. The van der Waals surface area contributed by atoms with Crippen molar-refractivity contribution in [1.29, 1.82) is 0 Å². The van der Waals surface area contributed by atoms with E-state index in [1.807, 2.05) is 0 Å². The largest absolute Gasteiger partial charge is 0.493 e. The topological polar surface area (TPSA) is 110 Å². The van der Waals surface area contributed by atoms with Crippen LogP contribution in [-0.4, -0.2) is 66.0 Å². The van der Waals surface area contributed by atoms with Gasteiger partial charge in [-0.1, -0.05) is 18.2 Å². The SMILES string of the molecule is COc1cc2c(Oc3ccc(N(C(C)=O)C(N)=S)cc3F)ccnc2cc1OCCCN1CCC(CO)CC1.c1cc2cc-2c1. The minimum absolute atomic E-state index is 0.0417. The predicted octanol–water partition coefficient (Wildman–Crippen LogP) is 5.91. The van der Waals surface area contributed by atoms with Gasteiger partial charge in [0.15, 0.2) is 28.2 Å². The summed E-state index contributed by atoms with van der Waals surface area (Å²) in [5.74, 6) is 0.708. The van der Waals surface area contributed by atoms with E-state index < -0.39 is 11.7 Å². The number of methoxy groups -OCH3 is 1.